The van der Waals surface area contributed by atoms with Gasteiger partial charge in [-0.05, 0) is 62.5 Å². The second kappa shape index (κ2) is 10.8. The predicted molar refractivity (Wildman–Crippen MR) is 124 cm³/mol. The quantitative estimate of drug-likeness (QED) is 0.591. The molecule has 0 saturated carbocycles. The van der Waals surface area contributed by atoms with Gasteiger partial charge < -0.3 is 15.1 Å². The fraction of sp³-hybridized carbons (Fsp3) is 0.652. The van der Waals surface area contributed by atoms with Crippen LogP contribution in [0.15, 0.2) is 29.2 Å². The molecule has 2 amide bonds. The van der Waals surface area contributed by atoms with E-state index in [2.05, 4.69) is 24.1 Å². The molecule has 178 valence electrons. The van der Waals surface area contributed by atoms with Crippen LogP contribution in [0.2, 0.25) is 0 Å². The summed E-state index contributed by atoms with van der Waals surface area (Å²) in [6.07, 6.45) is 3.26. The highest BCUT2D eigenvalue weighted by Crippen LogP contribution is 2.24. The van der Waals surface area contributed by atoms with Crippen molar-refractivity contribution in [1.82, 2.24) is 19.4 Å². The third-order valence-corrected chi connectivity index (χ3v) is 8.30. The summed E-state index contributed by atoms with van der Waals surface area (Å²) in [5.74, 6) is -0.208. The van der Waals surface area contributed by atoms with E-state index in [1.54, 1.807) is 17.0 Å². The Bertz CT molecular complexity index is 895. The Morgan fingerprint density at radius 2 is 1.72 bits per heavy atom. The Balaban J connectivity index is 1.71. The van der Waals surface area contributed by atoms with Gasteiger partial charge in [-0.3, -0.25) is 9.59 Å². The maximum Gasteiger partial charge on any atom is 0.243 e. The maximum absolute atomic E-state index is 13.4. The lowest BCUT2D eigenvalue weighted by atomic mass is 10.0. The second-order valence-electron chi connectivity index (χ2n) is 9.01. The molecule has 1 atom stereocenters. The molecule has 0 aromatic heterocycles. The van der Waals surface area contributed by atoms with Gasteiger partial charge in [0.25, 0.3) is 0 Å². The van der Waals surface area contributed by atoms with Crippen LogP contribution in [0.5, 0.6) is 0 Å². The summed E-state index contributed by atoms with van der Waals surface area (Å²) in [6.45, 7) is 9.60. The zero-order chi connectivity index (χ0) is 23.3. The molecule has 1 N–H and O–H groups in total. The molecular formula is C23H36N4O4S. The molecule has 2 saturated heterocycles. The number of benzene rings is 1. The van der Waals surface area contributed by atoms with Crippen molar-refractivity contribution in [3.63, 3.8) is 0 Å². The molecule has 3 rings (SSSR count). The van der Waals surface area contributed by atoms with E-state index in [9.17, 15) is 18.0 Å². The van der Waals surface area contributed by atoms with Crippen molar-refractivity contribution in [2.45, 2.75) is 56.9 Å². The summed E-state index contributed by atoms with van der Waals surface area (Å²) in [5, 5.41) is 2.90. The minimum Gasteiger partial charge on any atom is -0.355 e. The van der Waals surface area contributed by atoms with Gasteiger partial charge in [-0.2, -0.15) is 4.31 Å². The Hall–Kier alpha value is -1.97. The first-order valence-corrected chi connectivity index (χ1v) is 13.0. The van der Waals surface area contributed by atoms with Gasteiger partial charge in [-0.15, -0.1) is 0 Å². The highest BCUT2D eigenvalue weighted by atomic mass is 32.2. The van der Waals surface area contributed by atoms with Crippen molar-refractivity contribution in [3.05, 3.63) is 29.8 Å². The number of likely N-dealkylation sites (tertiary alicyclic amines) is 1. The first kappa shape index (κ1) is 24.7. The molecule has 0 bridgehead atoms. The van der Waals surface area contributed by atoms with E-state index in [4.69, 9.17) is 0 Å². The van der Waals surface area contributed by atoms with E-state index >= 15 is 0 Å². The van der Waals surface area contributed by atoms with E-state index in [-0.39, 0.29) is 36.3 Å². The molecule has 1 aromatic rings. The highest BCUT2D eigenvalue weighted by Gasteiger charge is 2.40. The van der Waals surface area contributed by atoms with Gasteiger partial charge >= 0.3 is 0 Å². The van der Waals surface area contributed by atoms with Crippen LogP contribution in [0, 0.1) is 0 Å². The third-order valence-electron chi connectivity index (χ3n) is 6.38. The van der Waals surface area contributed by atoms with Crippen molar-refractivity contribution in [2.24, 2.45) is 0 Å². The summed E-state index contributed by atoms with van der Waals surface area (Å²) in [7, 11) is -3.87. The van der Waals surface area contributed by atoms with Crippen molar-refractivity contribution < 1.29 is 18.0 Å². The van der Waals surface area contributed by atoms with Crippen LogP contribution in [0.25, 0.3) is 0 Å². The fourth-order valence-electron chi connectivity index (χ4n) is 4.35. The van der Waals surface area contributed by atoms with E-state index in [1.165, 1.54) is 24.1 Å². The maximum atomic E-state index is 13.4. The first-order chi connectivity index (χ1) is 15.2. The number of carbonyl (C=O) groups excluding carboxylic acids is 2. The number of hydrogen-bond acceptors (Lipinski definition) is 5. The van der Waals surface area contributed by atoms with E-state index in [0.717, 1.165) is 31.6 Å². The molecule has 1 aromatic carbocycles. The molecule has 32 heavy (non-hydrogen) atoms. The lowest BCUT2D eigenvalue weighted by molar-refractivity contribution is -0.134. The third kappa shape index (κ3) is 5.88. The number of amides is 2. The molecule has 2 aliphatic heterocycles. The number of nitrogens with zero attached hydrogens (tertiary/aromatic N) is 3. The number of rotatable bonds is 8. The minimum absolute atomic E-state index is 0.0661. The SMILES string of the molecule is CC(=O)N1CCN(S(=O)(=O)c2ccc(C(C)C)cc2)[C@@H](C(=O)NCCCN2CCCC2)C1. The van der Waals surface area contributed by atoms with Crippen LogP contribution in [0.4, 0.5) is 0 Å². The Labute approximate surface area is 192 Å². The number of sulfonamides is 1. The van der Waals surface area contributed by atoms with E-state index < -0.39 is 16.1 Å². The molecule has 2 aliphatic rings. The van der Waals surface area contributed by atoms with Gasteiger partial charge in [0, 0.05) is 33.1 Å². The topological polar surface area (TPSA) is 90.0 Å². The molecule has 2 fully saturated rings. The lowest BCUT2D eigenvalue weighted by Crippen LogP contribution is -2.61. The van der Waals surface area contributed by atoms with Gasteiger partial charge in [0.1, 0.15) is 6.04 Å². The second-order valence-corrected chi connectivity index (χ2v) is 10.9. The predicted octanol–water partition coefficient (Wildman–Crippen LogP) is 1.63. The van der Waals surface area contributed by atoms with Gasteiger partial charge in [0.15, 0.2) is 0 Å². The smallest absolute Gasteiger partial charge is 0.243 e. The largest absolute Gasteiger partial charge is 0.355 e. The fourth-order valence-corrected chi connectivity index (χ4v) is 5.92. The zero-order valence-corrected chi connectivity index (χ0v) is 20.2. The Morgan fingerprint density at radius 1 is 1.06 bits per heavy atom. The van der Waals surface area contributed by atoms with E-state index in [0.29, 0.717) is 12.5 Å². The molecule has 0 spiro atoms. The molecule has 9 heteroatoms. The van der Waals surface area contributed by atoms with Crippen LogP contribution in [-0.4, -0.2) is 86.2 Å². The molecular weight excluding hydrogens is 428 g/mol. The monoisotopic (exact) mass is 464 g/mol. The average molecular weight is 465 g/mol. The summed E-state index contributed by atoms with van der Waals surface area (Å²) in [6, 6.07) is 5.91. The Kier molecular flexibility index (Phi) is 8.30. The summed E-state index contributed by atoms with van der Waals surface area (Å²) in [4.78, 5) is 29.0. The van der Waals surface area contributed by atoms with Crippen LogP contribution < -0.4 is 5.32 Å². The first-order valence-electron chi connectivity index (χ1n) is 11.6. The van der Waals surface area contributed by atoms with Crippen molar-refractivity contribution in [1.29, 1.82) is 0 Å². The normalized spacial score (nSPS) is 20.6. The Morgan fingerprint density at radius 3 is 2.31 bits per heavy atom. The van der Waals surface area contributed by atoms with Crippen molar-refractivity contribution >= 4 is 21.8 Å². The van der Waals surface area contributed by atoms with Gasteiger partial charge in [0.05, 0.1) is 4.90 Å². The van der Waals surface area contributed by atoms with Crippen LogP contribution >= 0.6 is 0 Å². The summed E-state index contributed by atoms with van der Waals surface area (Å²) < 4.78 is 28.1. The standard InChI is InChI=1S/C23H36N4O4S/c1-18(2)20-7-9-21(10-8-20)32(30,31)27-16-15-26(19(3)28)17-22(27)23(29)24-11-6-14-25-12-4-5-13-25/h7-10,18,22H,4-6,11-17H2,1-3H3,(H,24,29)/t22-/m1/s1. The molecule has 0 unspecified atom stereocenters. The molecule has 8 nitrogen and oxygen atoms in total. The van der Waals surface area contributed by atoms with Crippen molar-refractivity contribution in [2.75, 3.05) is 45.8 Å². The molecule has 0 radical (unpaired) electrons. The summed E-state index contributed by atoms with van der Waals surface area (Å²) >= 11 is 0. The number of carbonyl (C=O) groups is 2. The summed E-state index contributed by atoms with van der Waals surface area (Å²) in [5.41, 5.74) is 1.05. The van der Waals surface area contributed by atoms with Crippen LogP contribution in [0.3, 0.4) is 0 Å². The zero-order valence-electron chi connectivity index (χ0n) is 19.4. The lowest BCUT2D eigenvalue weighted by Gasteiger charge is -2.39. The number of piperazine rings is 1. The number of nitrogens with one attached hydrogen (secondary N) is 1. The molecule has 2 heterocycles. The highest BCUT2D eigenvalue weighted by molar-refractivity contribution is 7.89. The minimum atomic E-state index is -3.87. The average Bonchev–Trinajstić information content (AvgIpc) is 3.29. The van der Waals surface area contributed by atoms with Crippen molar-refractivity contribution in [3.8, 4) is 0 Å². The number of hydrogen-bond donors (Lipinski definition) is 1. The molecule has 0 aliphatic carbocycles. The van der Waals surface area contributed by atoms with Gasteiger partial charge in [0.2, 0.25) is 21.8 Å². The van der Waals surface area contributed by atoms with Crippen LogP contribution in [-0.2, 0) is 19.6 Å². The van der Waals surface area contributed by atoms with Gasteiger partial charge in [-0.1, -0.05) is 26.0 Å². The van der Waals surface area contributed by atoms with Crippen LogP contribution in [0.1, 0.15) is 51.5 Å². The van der Waals surface area contributed by atoms with E-state index in [1.807, 2.05) is 12.1 Å². The van der Waals surface area contributed by atoms with Gasteiger partial charge in [-0.25, -0.2) is 8.42 Å².